The van der Waals surface area contributed by atoms with E-state index >= 15 is 0 Å². The van der Waals surface area contributed by atoms with Crippen LogP contribution in [0.15, 0.2) is 211 Å². The number of anilines is 3. The fourth-order valence-corrected chi connectivity index (χ4v) is 8.53. The summed E-state index contributed by atoms with van der Waals surface area (Å²) < 4.78 is 8.84. The van der Waals surface area contributed by atoms with Crippen molar-refractivity contribution < 1.29 is 4.42 Å². The summed E-state index contributed by atoms with van der Waals surface area (Å²) in [6, 6.07) is 74.0. The van der Waals surface area contributed by atoms with Gasteiger partial charge in [-0.1, -0.05) is 140 Å². The number of furan rings is 1. The van der Waals surface area contributed by atoms with Crippen LogP contribution in [0.4, 0.5) is 17.1 Å². The highest BCUT2D eigenvalue weighted by Crippen LogP contribution is 2.43. The van der Waals surface area contributed by atoms with Crippen molar-refractivity contribution >= 4 is 71.6 Å². The van der Waals surface area contributed by atoms with Gasteiger partial charge in [0.25, 0.3) is 0 Å². The summed E-state index contributed by atoms with van der Waals surface area (Å²) in [6.07, 6.45) is 0. The van der Waals surface area contributed by atoms with Crippen molar-refractivity contribution in [1.82, 2.24) is 4.57 Å². The van der Waals surface area contributed by atoms with Gasteiger partial charge in [0.15, 0.2) is 0 Å². The molecule has 0 spiro atoms. The summed E-state index contributed by atoms with van der Waals surface area (Å²) in [5.74, 6) is 0. The lowest BCUT2D eigenvalue weighted by Gasteiger charge is -2.27. The largest absolute Gasteiger partial charge is 0.456 e. The third-order valence-corrected chi connectivity index (χ3v) is 11.0. The Morgan fingerprint density at radius 3 is 1.69 bits per heavy atom. The molecule has 0 amide bonds. The van der Waals surface area contributed by atoms with Gasteiger partial charge >= 0.3 is 0 Å². The smallest absolute Gasteiger partial charge is 0.137 e. The van der Waals surface area contributed by atoms with Crippen LogP contribution in [-0.2, 0) is 0 Å². The quantitative estimate of drug-likeness (QED) is 0.172. The Morgan fingerprint density at radius 2 is 0.927 bits per heavy atom. The molecule has 0 saturated heterocycles. The number of fused-ring (bicyclic) bond motifs is 7. The van der Waals surface area contributed by atoms with Gasteiger partial charge in [0.05, 0.1) is 11.0 Å². The molecule has 9 aromatic carbocycles. The van der Waals surface area contributed by atoms with Crippen molar-refractivity contribution in [3.63, 3.8) is 0 Å². The fourth-order valence-electron chi connectivity index (χ4n) is 8.53. The predicted molar refractivity (Wildman–Crippen MR) is 231 cm³/mol. The second-order valence-electron chi connectivity index (χ2n) is 14.1. The maximum Gasteiger partial charge on any atom is 0.137 e. The van der Waals surface area contributed by atoms with E-state index in [1.807, 2.05) is 12.1 Å². The molecular formula is C52H34N2O. The first-order valence-corrected chi connectivity index (χ1v) is 18.8. The molecule has 0 fully saturated rings. The van der Waals surface area contributed by atoms with Crippen LogP contribution in [0.25, 0.3) is 82.5 Å². The van der Waals surface area contributed by atoms with E-state index in [4.69, 9.17) is 4.42 Å². The molecule has 0 aliphatic rings. The molecule has 3 nitrogen and oxygen atoms in total. The Labute approximate surface area is 318 Å². The van der Waals surface area contributed by atoms with E-state index < -0.39 is 0 Å². The van der Waals surface area contributed by atoms with Gasteiger partial charge in [-0.05, 0) is 93.7 Å². The summed E-state index contributed by atoms with van der Waals surface area (Å²) in [7, 11) is 0. The zero-order valence-electron chi connectivity index (χ0n) is 29.9. The van der Waals surface area contributed by atoms with Crippen LogP contribution in [0.2, 0.25) is 0 Å². The summed E-state index contributed by atoms with van der Waals surface area (Å²) in [4.78, 5) is 2.36. The van der Waals surface area contributed by atoms with Gasteiger partial charge in [0, 0.05) is 50.4 Å². The highest BCUT2D eigenvalue weighted by Gasteiger charge is 2.19. The molecule has 0 atom stereocenters. The number of hydrogen-bond donors (Lipinski definition) is 0. The van der Waals surface area contributed by atoms with E-state index in [-0.39, 0.29) is 0 Å². The predicted octanol–water partition coefficient (Wildman–Crippen LogP) is 14.6. The minimum absolute atomic E-state index is 0.861. The average Bonchev–Trinajstić information content (AvgIpc) is 3.79. The van der Waals surface area contributed by atoms with Crippen molar-refractivity contribution in [3.05, 3.63) is 206 Å². The molecule has 0 unspecified atom stereocenters. The van der Waals surface area contributed by atoms with Gasteiger partial charge in [-0.3, -0.25) is 0 Å². The fraction of sp³-hybridized carbons (Fsp3) is 0. The minimum atomic E-state index is 0.861. The number of nitrogens with zero attached hydrogens (tertiary/aromatic N) is 2. The van der Waals surface area contributed by atoms with Gasteiger partial charge in [-0.2, -0.15) is 0 Å². The summed E-state index contributed by atoms with van der Waals surface area (Å²) in [5, 5.41) is 7.18. The molecule has 0 aliphatic carbocycles. The Hall–Kier alpha value is -7.36. The second kappa shape index (κ2) is 12.6. The number of hydrogen-bond acceptors (Lipinski definition) is 2. The van der Waals surface area contributed by atoms with Crippen LogP contribution in [0.5, 0.6) is 0 Å². The summed E-state index contributed by atoms with van der Waals surface area (Å²) in [6.45, 7) is 0. The van der Waals surface area contributed by atoms with Crippen molar-refractivity contribution in [2.45, 2.75) is 0 Å². The standard InChI is InChI=1S/C52H34N2O/c1-2-14-35(15-3-1)42-25-11-16-36-17-12-26-43(52(36)42)37-18-10-19-38(32-37)53(41-30-31-47-46-24-6-9-29-50(46)55-51(47)34-41)39-20-13-21-40(33-39)54-48-27-7-4-22-44(48)45-23-5-8-28-49(45)54/h1-34H. The Balaban J connectivity index is 1.13. The highest BCUT2D eigenvalue weighted by atomic mass is 16.3. The zero-order chi connectivity index (χ0) is 36.3. The van der Waals surface area contributed by atoms with Crippen molar-refractivity contribution in [1.29, 1.82) is 0 Å². The average molecular weight is 703 g/mol. The maximum absolute atomic E-state index is 6.46. The lowest BCUT2D eigenvalue weighted by molar-refractivity contribution is 0.669. The summed E-state index contributed by atoms with van der Waals surface area (Å²) >= 11 is 0. The number of aromatic nitrogens is 1. The molecule has 55 heavy (non-hydrogen) atoms. The Kier molecular flexibility index (Phi) is 7.17. The van der Waals surface area contributed by atoms with Crippen molar-refractivity contribution in [2.24, 2.45) is 0 Å². The van der Waals surface area contributed by atoms with Crippen LogP contribution >= 0.6 is 0 Å². The first-order chi connectivity index (χ1) is 27.3. The molecule has 11 aromatic rings. The van der Waals surface area contributed by atoms with Crippen LogP contribution in [0, 0.1) is 0 Å². The van der Waals surface area contributed by atoms with Gasteiger partial charge in [-0.25, -0.2) is 0 Å². The third kappa shape index (κ3) is 5.13. The SMILES string of the molecule is c1ccc(-c2cccc3cccc(-c4cccc(N(c5cccc(-n6c7ccccc7c7ccccc76)c5)c5ccc6c(c5)oc5ccccc56)c4)c23)cc1. The molecule has 2 heterocycles. The number of benzene rings is 9. The summed E-state index contributed by atoms with van der Waals surface area (Å²) in [5.41, 5.74) is 13.1. The van der Waals surface area contributed by atoms with E-state index in [9.17, 15) is 0 Å². The van der Waals surface area contributed by atoms with Gasteiger partial charge in [0.1, 0.15) is 11.2 Å². The molecule has 0 N–H and O–H groups in total. The lowest BCUT2D eigenvalue weighted by Crippen LogP contribution is -2.10. The normalized spacial score (nSPS) is 11.6. The van der Waals surface area contributed by atoms with Gasteiger partial charge in [0.2, 0.25) is 0 Å². The third-order valence-electron chi connectivity index (χ3n) is 11.0. The van der Waals surface area contributed by atoms with Crippen LogP contribution in [0.3, 0.4) is 0 Å². The topological polar surface area (TPSA) is 21.3 Å². The molecule has 11 rings (SSSR count). The molecule has 0 radical (unpaired) electrons. The molecule has 0 aliphatic heterocycles. The monoisotopic (exact) mass is 702 g/mol. The number of para-hydroxylation sites is 3. The van der Waals surface area contributed by atoms with Gasteiger partial charge < -0.3 is 13.9 Å². The first kappa shape index (κ1) is 31.2. The Bertz CT molecular complexity index is 3170. The second-order valence-corrected chi connectivity index (χ2v) is 14.1. The van der Waals surface area contributed by atoms with E-state index in [0.29, 0.717) is 0 Å². The first-order valence-electron chi connectivity index (χ1n) is 18.8. The van der Waals surface area contributed by atoms with E-state index in [0.717, 1.165) is 50.3 Å². The van der Waals surface area contributed by atoms with Crippen LogP contribution in [-0.4, -0.2) is 4.57 Å². The lowest BCUT2D eigenvalue weighted by atomic mass is 9.91. The molecule has 258 valence electrons. The molecule has 2 aromatic heterocycles. The molecule has 0 bridgehead atoms. The zero-order valence-corrected chi connectivity index (χ0v) is 29.9. The highest BCUT2D eigenvalue weighted by molar-refractivity contribution is 6.10. The van der Waals surface area contributed by atoms with Crippen LogP contribution in [0.1, 0.15) is 0 Å². The van der Waals surface area contributed by atoms with E-state index in [1.165, 1.54) is 49.3 Å². The molecular weight excluding hydrogens is 669 g/mol. The van der Waals surface area contributed by atoms with Crippen LogP contribution < -0.4 is 4.90 Å². The van der Waals surface area contributed by atoms with Crippen molar-refractivity contribution in [3.8, 4) is 27.9 Å². The molecule has 0 saturated carbocycles. The van der Waals surface area contributed by atoms with Gasteiger partial charge in [-0.15, -0.1) is 0 Å². The Morgan fingerprint density at radius 1 is 0.364 bits per heavy atom. The van der Waals surface area contributed by atoms with E-state index in [2.05, 4.69) is 204 Å². The van der Waals surface area contributed by atoms with E-state index in [1.54, 1.807) is 0 Å². The minimum Gasteiger partial charge on any atom is -0.456 e. The maximum atomic E-state index is 6.46. The van der Waals surface area contributed by atoms with Crippen molar-refractivity contribution in [2.75, 3.05) is 4.90 Å². The molecule has 3 heteroatoms. The number of rotatable bonds is 6.